The second-order valence-electron chi connectivity index (χ2n) is 7.65. The Morgan fingerprint density at radius 2 is 1.81 bits per heavy atom. The molecular formula is C23H25F2N3O4. The van der Waals surface area contributed by atoms with Crippen LogP contribution in [0.15, 0.2) is 57.8 Å². The van der Waals surface area contributed by atoms with Gasteiger partial charge in [0, 0.05) is 25.2 Å². The lowest BCUT2D eigenvalue weighted by Crippen LogP contribution is -2.46. The number of hydrogen-bond donors (Lipinski definition) is 3. The number of benzene rings is 2. The van der Waals surface area contributed by atoms with Gasteiger partial charge in [-0.25, -0.2) is 8.78 Å². The first-order chi connectivity index (χ1) is 15.2. The monoisotopic (exact) mass is 445 g/mol. The van der Waals surface area contributed by atoms with E-state index in [1.807, 2.05) is 31.2 Å². The summed E-state index contributed by atoms with van der Waals surface area (Å²) in [4.78, 5) is 25.7. The highest BCUT2D eigenvalue weighted by atomic mass is 19.1. The van der Waals surface area contributed by atoms with Gasteiger partial charge in [-0.1, -0.05) is 31.2 Å². The third-order valence-electron chi connectivity index (χ3n) is 5.09. The van der Waals surface area contributed by atoms with E-state index in [1.54, 1.807) is 0 Å². The van der Waals surface area contributed by atoms with Gasteiger partial charge in [0.2, 0.25) is 5.76 Å². The molecule has 2 unspecified atom stereocenters. The van der Waals surface area contributed by atoms with Gasteiger partial charge in [-0.2, -0.15) is 5.16 Å². The largest absolute Gasteiger partial charge is 0.390 e. The van der Waals surface area contributed by atoms with E-state index in [4.69, 9.17) is 10.3 Å². The third kappa shape index (κ3) is 6.12. The van der Waals surface area contributed by atoms with Gasteiger partial charge in [0.25, 0.3) is 11.5 Å². The summed E-state index contributed by atoms with van der Waals surface area (Å²) in [7, 11) is 0. The SMILES string of the molecule is CCc1cccc(CN(CC(O)C(N)Cc2cc(F)cc(F)c2)C(=O)c2cc(=O)[nH]o2)c1. The summed E-state index contributed by atoms with van der Waals surface area (Å²) in [5, 5.41) is 12.7. The molecule has 0 bridgehead atoms. The van der Waals surface area contributed by atoms with Crippen molar-refractivity contribution in [3.63, 3.8) is 0 Å². The van der Waals surface area contributed by atoms with E-state index in [-0.39, 0.29) is 25.3 Å². The van der Waals surface area contributed by atoms with Gasteiger partial charge in [0.1, 0.15) is 11.6 Å². The van der Waals surface area contributed by atoms with Crippen molar-refractivity contribution in [3.05, 3.63) is 93.0 Å². The first-order valence-electron chi connectivity index (χ1n) is 10.2. The maximum absolute atomic E-state index is 13.5. The molecule has 0 aliphatic rings. The number of aromatic amines is 1. The molecule has 2 atom stereocenters. The number of carbonyl (C=O) groups excluding carboxylic acids is 1. The Hall–Kier alpha value is -3.30. The molecule has 32 heavy (non-hydrogen) atoms. The van der Waals surface area contributed by atoms with E-state index < -0.39 is 35.2 Å². The van der Waals surface area contributed by atoms with Gasteiger partial charge in [-0.05, 0) is 41.7 Å². The van der Waals surface area contributed by atoms with Crippen molar-refractivity contribution in [3.8, 4) is 0 Å². The molecule has 1 amide bonds. The fraction of sp³-hybridized carbons (Fsp3) is 0.304. The molecule has 0 saturated heterocycles. The summed E-state index contributed by atoms with van der Waals surface area (Å²) in [5.74, 6) is -2.28. The summed E-state index contributed by atoms with van der Waals surface area (Å²) < 4.78 is 31.8. The lowest BCUT2D eigenvalue weighted by atomic mass is 10.0. The average Bonchev–Trinajstić information content (AvgIpc) is 3.18. The minimum Gasteiger partial charge on any atom is -0.390 e. The Kier molecular flexibility index (Phi) is 7.55. The average molecular weight is 445 g/mol. The lowest BCUT2D eigenvalue weighted by molar-refractivity contribution is 0.0519. The molecule has 3 rings (SSSR count). The molecule has 0 saturated carbocycles. The minimum absolute atomic E-state index is 0.00242. The summed E-state index contributed by atoms with van der Waals surface area (Å²) in [6, 6.07) is 10.8. The topological polar surface area (TPSA) is 113 Å². The van der Waals surface area contributed by atoms with E-state index >= 15 is 0 Å². The van der Waals surface area contributed by atoms with E-state index in [0.29, 0.717) is 5.56 Å². The Morgan fingerprint density at radius 1 is 1.12 bits per heavy atom. The molecule has 4 N–H and O–H groups in total. The highest BCUT2D eigenvalue weighted by Crippen LogP contribution is 2.15. The highest BCUT2D eigenvalue weighted by molar-refractivity contribution is 5.91. The van der Waals surface area contributed by atoms with Crippen molar-refractivity contribution < 1.29 is 23.2 Å². The molecule has 0 aliphatic carbocycles. The van der Waals surface area contributed by atoms with Crippen LogP contribution in [0.1, 0.15) is 34.2 Å². The first kappa shape index (κ1) is 23.4. The first-order valence-corrected chi connectivity index (χ1v) is 10.2. The standard InChI is InChI=1S/C23H25F2N3O4/c1-2-14-4-3-5-15(6-14)12-28(23(31)21-11-22(30)27-32-21)13-20(29)19(26)9-16-7-17(24)10-18(25)8-16/h3-8,10-11,19-20,29H,2,9,12-13,26H2,1H3,(H,27,30). The fourth-order valence-electron chi connectivity index (χ4n) is 3.43. The van der Waals surface area contributed by atoms with Crippen molar-refractivity contribution in [1.29, 1.82) is 0 Å². The molecule has 1 heterocycles. The van der Waals surface area contributed by atoms with E-state index in [1.165, 1.54) is 4.90 Å². The maximum atomic E-state index is 13.5. The molecule has 170 valence electrons. The molecule has 7 nitrogen and oxygen atoms in total. The van der Waals surface area contributed by atoms with Gasteiger partial charge in [0.15, 0.2) is 0 Å². The number of carbonyl (C=O) groups is 1. The van der Waals surface area contributed by atoms with Crippen LogP contribution in [-0.2, 0) is 19.4 Å². The summed E-state index contributed by atoms with van der Waals surface area (Å²) in [5.41, 5.74) is 7.69. The predicted octanol–water partition coefficient (Wildman–Crippen LogP) is 2.38. The number of aryl methyl sites for hydroxylation is 1. The number of nitrogens with two attached hydrogens (primary N) is 1. The van der Waals surface area contributed by atoms with Crippen LogP contribution in [0, 0.1) is 11.6 Å². The van der Waals surface area contributed by atoms with Crippen LogP contribution < -0.4 is 11.3 Å². The Morgan fingerprint density at radius 3 is 2.44 bits per heavy atom. The van der Waals surface area contributed by atoms with Crippen LogP contribution in [0.2, 0.25) is 0 Å². The zero-order valence-corrected chi connectivity index (χ0v) is 17.6. The molecule has 9 heteroatoms. The number of aliphatic hydroxyl groups is 1. The van der Waals surface area contributed by atoms with Gasteiger partial charge < -0.3 is 20.3 Å². The molecule has 2 aromatic carbocycles. The molecule has 0 aliphatic heterocycles. The third-order valence-corrected chi connectivity index (χ3v) is 5.09. The van der Waals surface area contributed by atoms with Gasteiger partial charge in [-0.3, -0.25) is 9.59 Å². The predicted molar refractivity (Wildman–Crippen MR) is 114 cm³/mol. The highest BCUT2D eigenvalue weighted by Gasteiger charge is 2.26. The summed E-state index contributed by atoms with van der Waals surface area (Å²) in [6.07, 6.45) is -0.389. The number of amides is 1. The second-order valence-corrected chi connectivity index (χ2v) is 7.65. The van der Waals surface area contributed by atoms with E-state index in [9.17, 15) is 23.5 Å². The summed E-state index contributed by atoms with van der Waals surface area (Å²) >= 11 is 0. The quantitative estimate of drug-likeness (QED) is 0.468. The number of aromatic nitrogens is 1. The molecular weight excluding hydrogens is 420 g/mol. The van der Waals surface area contributed by atoms with Crippen molar-refractivity contribution >= 4 is 5.91 Å². The Labute approximate surface area is 183 Å². The second kappa shape index (κ2) is 10.3. The van der Waals surface area contributed by atoms with Gasteiger partial charge in [-0.15, -0.1) is 0 Å². The number of aliphatic hydroxyl groups excluding tert-OH is 1. The van der Waals surface area contributed by atoms with Crippen molar-refractivity contribution in [2.24, 2.45) is 5.73 Å². The normalized spacial score (nSPS) is 13.0. The number of nitrogens with one attached hydrogen (secondary N) is 1. The molecule has 0 fully saturated rings. The van der Waals surface area contributed by atoms with Crippen LogP contribution >= 0.6 is 0 Å². The smallest absolute Gasteiger partial charge is 0.292 e. The van der Waals surface area contributed by atoms with Crippen LogP contribution in [0.3, 0.4) is 0 Å². The lowest BCUT2D eigenvalue weighted by Gasteiger charge is -2.27. The minimum atomic E-state index is -1.20. The Balaban J connectivity index is 1.78. The van der Waals surface area contributed by atoms with Gasteiger partial charge in [0.05, 0.1) is 12.2 Å². The number of nitrogens with zero attached hydrogens (tertiary/aromatic N) is 1. The van der Waals surface area contributed by atoms with Crippen LogP contribution in [0.5, 0.6) is 0 Å². The van der Waals surface area contributed by atoms with Crippen molar-refractivity contribution in [2.45, 2.75) is 38.5 Å². The zero-order valence-electron chi connectivity index (χ0n) is 17.6. The van der Waals surface area contributed by atoms with E-state index in [0.717, 1.165) is 41.8 Å². The van der Waals surface area contributed by atoms with Crippen LogP contribution in [-0.4, -0.2) is 39.8 Å². The van der Waals surface area contributed by atoms with Crippen molar-refractivity contribution in [1.82, 2.24) is 10.1 Å². The molecule has 0 spiro atoms. The Bertz CT molecular complexity index is 1110. The fourth-order valence-corrected chi connectivity index (χ4v) is 3.43. The maximum Gasteiger partial charge on any atom is 0.292 e. The zero-order chi connectivity index (χ0) is 23.3. The number of halogens is 2. The number of rotatable bonds is 9. The number of H-pyrrole nitrogens is 1. The molecule has 1 aromatic heterocycles. The van der Waals surface area contributed by atoms with Crippen molar-refractivity contribution in [2.75, 3.05) is 6.54 Å². The molecule has 3 aromatic rings. The van der Waals surface area contributed by atoms with Gasteiger partial charge >= 0.3 is 0 Å². The molecule has 0 radical (unpaired) electrons. The van der Waals surface area contributed by atoms with Crippen LogP contribution in [0.25, 0.3) is 0 Å². The van der Waals surface area contributed by atoms with E-state index in [2.05, 4.69) is 5.16 Å². The van der Waals surface area contributed by atoms with Crippen LogP contribution in [0.4, 0.5) is 8.78 Å². The number of hydrogen-bond acceptors (Lipinski definition) is 5. The summed E-state index contributed by atoms with van der Waals surface area (Å²) in [6.45, 7) is 1.97.